The third-order valence-electron chi connectivity index (χ3n) is 6.27. The van der Waals surface area contributed by atoms with Gasteiger partial charge in [-0.25, -0.2) is 26.7 Å². The van der Waals surface area contributed by atoms with Crippen molar-refractivity contribution < 1.29 is 31.5 Å². The molecule has 0 saturated carbocycles. The molecule has 0 aliphatic heterocycles. The third-order valence-corrected chi connectivity index (χ3v) is 7.68. The molecule has 198 valence electrons. The number of thiophene rings is 1. The number of ether oxygens (including phenoxy) is 1. The van der Waals surface area contributed by atoms with E-state index in [9.17, 15) is 26.7 Å². The smallest absolute Gasteiger partial charge is 0.341 e. The first-order valence-corrected chi connectivity index (χ1v) is 12.6. The van der Waals surface area contributed by atoms with E-state index in [1.165, 1.54) is 18.4 Å². The van der Waals surface area contributed by atoms with Crippen LogP contribution in [0.1, 0.15) is 57.0 Å². The van der Waals surface area contributed by atoms with Gasteiger partial charge < -0.3 is 15.4 Å². The first-order chi connectivity index (χ1) is 17.5. The van der Waals surface area contributed by atoms with E-state index in [2.05, 4.69) is 15.7 Å². The van der Waals surface area contributed by atoms with Gasteiger partial charge in [0.15, 0.2) is 28.4 Å². The molecule has 6 nitrogen and oxygen atoms in total. The quantitative estimate of drug-likeness (QED) is 0.0975. The molecule has 2 N–H and O–H groups in total. The van der Waals surface area contributed by atoms with Crippen LogP contribution >= 0.6 is 23.6 Å². The highest BCUT2D eigenvalue weighted by molar-refractivity contribution is 7.80. The number of halogens is 5. The number of hydrogen-bond acceptors (Lipinski definition) is 5. The number of methoxy groups -OCH3 is 1. The van der Waals surface area contributed by atoms with E-state index in [1.54, 1.807) is 13.8 Å². The van der Waals surface area contributed by atoms with Crippen LogP contribution < -0.4 is 10.6 Å². The summed E-state index contributed by atoms with van der Waals surface area (Å²) in [5.74, 6) is -10.5. The second kappa shape index (κ2) is 10.7. The number of carbonyl (C=O) groups is 1. The third kappa shape index (κ3) is 5.06. The second-order valence-electron chi connectivity index (χ2n) is 8.59. The van der Waals surface area contributed by atoms with Gasteiger partial charge in [0.1, 0.15) is 5.00 Å². The van der Waals surface area contributed by atoms with Crippen molar-refractivity contribution in [3.05, 3.63) is 62.0 Å². The van der Waals surface area contributed by atoms with Crippen molar-refractivity contribution in [2.24, 2.45) is 0 Å². The lowest BCUT2D eigenvalue weighted by Crippen LogP contribution is -2.21. The topological polar surface area (TPSA) is 68.2 Å². The van der Waals surface area contributed by atoms with Crippen molar-refractivity contribution in [2.45, 2.75) is 52.5 Å². The Morgan fingerprint density at radius 1 is 1.00 bits per heavy atom. The molecule has 0 bridgehead atoms. The molecule has 1 aromatic carbocycles. The van der Waals surface area contributed by atoms with Crippen molar-refractivity contribution in [3.8, 4) is 0 Å². The fourth-order valence-corrected chi connectivity index (χ4v) is 5.92. The van der Waals surface area contributed by atoms with E-state index >= 15 is 0 Å². The van der Waals surface area contributed by atoms with Crippen molar-refractivity contribution in [1.82, 2.24) is 9.78 Å². The molecule has 0 spiro atoms. The fraction of sp³-hybridized carbons (Fsp3) is 0.375. The monoisotopic (exact) mass is 558 g/mol. The summed E-state index contributed by atoms with van der Waals surface area (Å²) in [4.78, 5) is 13.7. The average Bonchev–Trinajstić information content (AvgIpc) is 3.22. The normalized spacial score (nSPS) is 13.2. The van der Waals surface area contributed by atoms with E-state index in [1.807, 2.05) is 0 Å². The van der Waals surface area contributed by atoms with Crippen LogP contribution in [0.5, 0.6) is 0 Å². The molecule has 0 saturated heterocycles. The second-order valence-corrected chi connectivity index (χ2v) is 10.1. The Morgan fingerprint density at radius 2 is 1.62 bits per heavy atom. The molecule has 0 atom stereocenters. The van der Waals surface area contributed by atoms with Gasteiger partial charge in [-0.05, 0) is 57.3 Å². The lowest BCUT2D eigenvalue weighted by Gasteiger charge is -2.12. The summed E-state index contributed by atoms with van der Waals surface area (Å²) in [6.45, 7) is 2.47. The molecule has 13 heteroatoms. The summed E-state index contributed by atoms with van der Waals surface area (Å²) in [5.41, 5.74) is 1.52. The zero-order valence-electron chi connectivity index (χ0n) is 20.2. The number of aromatic nitrogens is 2. The van der Waals surface area contributed by atoms with Gasteiger partial charge in [-0.3, -0.25) is 4.68 Å². The van der Waals surface area contributed by atoms with Crippen LogP contribution in [-0.2, 0) is 24.1 Å². The van der Waals surface area contributed by atoms with Gasteiger partial charge in [-0.15, -0.1) is 11.3 Å². The Kier molecular flexibility index (Phi) is 7.83. The van der Waals surface area contributed by atoms with Gasteiger partial charge in [-0.2, -0.15) is 5.10 Å². The molecule has 2 aromatic heterocycles. The summed E-state index contributed by atoms with van der Waals surface area (Å²) in [7, 11) is 1.31. The minimum absolute atomic E-state index is 0.128. The molecule has 0 fully saturated rings. The number of benzene rings is 1. The summed E-state index contributed by atoms with van der Waals surface area (Å²) >= 11 is 6.89. The van der Waals surface area contributed by atoms with Crippen LogP contribution in [0.15, 0.2) is 0 Å². The molecule has 37 heavy (non-hydrogen) atoms. The summed E-state index contributed by atoms with van der Waals surface area (Å²) in [6, 6.07) is 0. The van der Waals surface area contributed by atoms with Crippen molar-refractivity contribution in [1.29, 1.82) is 0 Å². The molecule has 0 amide bonds. The molecule has 1 aliphatic rings. The zero-order chi connectivity index (χ0) is 27.0. The predicted molar refractivity (Wildman–Crippen MR) is 134 cm³/mol. The van der Waals surface area contributed by atoms with Crippen LogP contribution in [0.4, 0.5) is 32.6 Å². The number of fused-ring (bicyclic) bond motifs is 1. The summed E-state index contributed by atoms with van der Waals surface area (Å²) in [5, 5.41) is 10.9. The Balaban J connectivity index is 1.59. The molecule has 4 rings (SSSR count). The van der Waals surface area contributed by atoms with Crippen molar-refractivity contribution in [3.63, 3.8) is 0 Å². The minimum atomic E-state index is -2.22. The standard InChI is InChI=1S/C24H23F5N4O2S2/c1-10-21(11(2)33(32-10)9-13-16(25)18(27)20(29)19(28)17(13)26)30-24(36)31-22-15(23(34)35-3)12-7-5-4-6-8-14(12)37-22/h4-9H2,1-3H3,(H2,30,31,36). The maximum Gasteiger partial charge on any atom is 0.341 e. The number of aryl methyl sites for hydroxylation is 2. The number of carbonyl (C=O) groups excluding carboxylic acids is 1. The molecule has 2 heterocycles. The van der Waals surface area contributed by atoms with Crippen LogP contribution in [0.25, 0.3) is 0 Å². The van der Waals surface area contributed by atoms with Gasteiger partial charge in [0.2, 0.25) is 5.82 Å². The van der Waals surface area contributed by atoms with Crippen LogP contribution in [0, 0.1) is 42.9 Å². The van der Waals surface area contributed by atoms with Crippen molar-refractivity contribution >= 4 is 45.3 Å². The molecule has 0 unspecified atom stereocenters. The molecular weight excluding hydrogens is 535 g/mol. The fourth-order valence-electron chi connectivity index (χ4n) is 4.37. The number of hydrogen-bond donors (Lipinski definition) is 2. The Bertz CT molecular complexity index is 1370. The first-order valence-electron chi connectivity index (χ1n) is 11.4. The van der Waals surface area contributed by atoms with Gasteiger partial charge in [0, 0.05) is 4.88 Å². The lowest BCUT2D eigenvalue weighted by atomic mass is 10.1. The molecule has 3 aromatic rings. The Hall–Kier alpha value is -3.06. The van der Waals surface area contributed by atoms with E-state index in [0.29, 0.717) is 27.6 Å². The number of thiocarbonyl (C=S) groups is 1. The molecule has 1 aliphatic carbocycles. The first kappa shape index (κ1) is 27.0. The maximum atomic E-state index is 14.2. The average molecular weight is 559 g/mol. The van der Waals surface area contributed by atoms with Crippen LogP contribution in [0.2, 0.25) is 0 Å². The number of nitrogens with one attached hydrogen (secondary N) is 2. The predicted octanol–water partition coefficient (Wildman–Crippen LogP) is 6.17. The Labute approximate surface area is 218 Å². The number of esters is 1. The number of rotatable bonds is 5. The number of anilines is 2. The van der Waals surface area contributed by atoms with Crippen LogP contribution in [0.3, 0.4) is 0 Å². The largest absolute Gasteiger partial charge is 0.465 e. The van der Waals surface area contributed by atoms with Gasteiger partial charge in [-0.1, -0.05) is 6.42 Å². The maximum absolute atomic E-state index is 14.2. The number of nitrogens with zero attached hydrogens (tertiary/aromatic N) is 2. The van der Waals surface area contributed by atoms with E-state index in [4.69, 9.17) is 17.0 Å². The SMILES string of the molecule is COC(=O)c1c(NC(=S)Nc2c(C)nn(Cc3c(F)c(F)c(F)c(F)c3F)c2C)sc2c1CCCCC2. The van der Waals surface area contributed by atoms with E-state index in [-0.39, 0.29) is 5.11 Å². The van der Waals surface area contributed by atoms with Gasteiger partial charge >= 0.3 is 5.97 Å². The van der Waals surface area contributed by atoms with E-state index in [0.717, 1.165) is 47.2 Å². The molecular formula is C24H23F5N4O2S2. The van der Waals surface area contributed by atoms with Gasteiger partial charge in [0.25, 0.3) is 0 Å². The lowest BCUT2D eigenvalue weighted by molar-refractivity contribution is 0.0601. The molecule has 0 radical (unpaired) electrons. The highest BCUT2D eigenvalue weighted by atomic mass is 32.1. The summed E-state index contributed by atoms with van der Waals surface area (Å²) < 4.78 is 75.1. The highest BCUT2D eigenvalue weighted by Crippen LogP contribution is 2.38. The minimum Gasteiger partial charge on any atom is -0.465 e. The van der Waals surface area contributed by atoms with Crippen LogP contribution in [-0.4, -0.2) is 28.0 Å². The van der Waals surface area contributed by atoms with Gasteiger partial charge in [0.05, 0.1) is 41.9 Å². The zero-order valence-corrected chi connectivity index (χ0v) is 21.8. The van der Waals surface area contributed by atoms with Crippen molar-refractivity contribution in [2.75, 3.05) is 17.7 Å². The van der Waals surface area contributed by atoms with E-state index < -0.39 is 47.2 Å². The highest BCUT2D eigenvalue weighted by Gasteiger charge is 2.28. The Morgan fingerprint density at radius 3 is 2.27 bits per heavy atom. The summed E-state index contributed by atoms with van der Waals surface area (Å²) in [6.07, 6.45) is 4.70.